The first-order valence-corrected chi connectivity index (χ1v) is 9.99. The Morgan fingerprint density at radius 1 is 1.20 bits per heavy atom. The van der Waals surface area contributed by atoms with Crippen LogP contribution in [-0.4, -0.2) is 32.2 Å². The highest BCUT2D eigenvalue weighted by molar-refractivity contribution is 7.91. The first-order valence-electron chi connectivity index (χ1n) is 7.52. The van der Waals surface area contributed by atoms with Gasteiger partial charge in [0, 0.05) is 5.56 Å². The number of nitrogens with zero attached hydrogens (tertiary/aromatic N) is 1. The van der Waals surface area contributed by atoms with Crippen LogP contribution in [0.1, 0.15) is 17.3 Å². The molecule has 6 nitrogen and oxygen atoms in total. The fraction of sp³-hybridized carbons (Fsp3) is 0.176. The van der Waals surface area contributed by atoms with Crippen molar-refractivity contribution in [1.29, 1.82) is 0 Å². The Kier molecular flexibility index (Phi) is 4.73. The highest BCUT2D eigenvalue weighted by atomic mass is 32.2. The molecule has 2 aromatic carbocycles. The molecule has 3 rings (SSSR count). The van der Waals surface area contributed by atoms with Crippen LogP contribution in [0.25, 0.3) is 10.2 Å². The third-order valence-electron chi connectivity index (χ3n) is 3.68. The molecule has 0 saturated heterocycles. The zero-order valence-electron chi connectivity index (χ0n) is 13.6. The lowest BCUT2D eigenvalue weighted by molar-refractivity contribution is 0.102. The Morgan fingerprint density at radius 3 is 2.56 bits per heavy atom. The third kappa shape index (κ3) is 3.49. The molecule has 1 heterocycles. The van der Waals surface area contributed by atoms with Crippen molar-refractivity contribution in [2.45, 2.75) is 11.8 Å². The standard InChI is InChI=1S/C17H16N2O4S2/c1-3-25(21,22)12-9-7-11(8-10-12)16(20)19-17-18-15-13(23-2)5-4-6-14(15)24-17/h4-10H,3H2,1-2H3,(H,18,19,20). The molecule has 0 aliphatic rings. The van der Waals surface area contributed by atoms with Crippen LogP contribution < -0.4 is 10.1 Å². The van der Waals surface area contributed by atoms with Gasteiger partial charge in [-0.1, -0.05) is 24.3 Å². The van der Waals surface area contributed by atoms with Crippen molar-refractivity contribution in [1.82, 2.24) is 4.98 Å². The van der Waals surface area contributed by atoms with Gasteiger partial charge in [0.15, 0.2) is 15.0 Å². The van der Waals surface area contributed by atoms with Gasteiger partial charge in [0.05, 0.1) is 22.5 Å². The predicted molar refractivity (Wildman–Crippen MR) is 98.3 cm³/mol. The number of fused-ring (bicyclic) bond motifs is 1. The number of nitrogens with one attached hydrogen (secondary N) is 1. The molecule has 8 heteroatoms. The minimum absolute atomic E-state index is 0.0199. The van der Waals surface area contributed by atoms with Gasteiger partial charge in [0.25, 0.3) is 5.91 Å². The van der Waals surface area contributed by atoms with E-state index < -0.39 is 9.84 Å². The normalized spacial score (nSPS) is 11.4. The number of carbonyl (C=O) groups is 1. The van der Waals surface area contributed by atoms with Gasteiger partial charge in [-0.25, -0.2) is 13.4 Å². The van der Waals surface area contributed by atoms with Crippen LogP contribution in [-0.2, 0) is 9.84 Å². The average Bonchev–Trinajstić information content (AvgIpc) is 3.04. The second kappa shape index (κ2) is 6.81. The summed E-state index contributed by atoms with van der Waals surface area (Å²) in [5, 5.41) is 3.19. The molecule has 25 heavy (non-hydrogen) atoms. The quantitative estimate of drug-likeness (QED) is 0.738. The largest absolute Gasteiger partial charge is 0.494 e. The summed E-state index contributed by atoms with van der Waals surface area (Å²) in [6.07, 6.45) is 0. The second-order valence-electron chi connectivity index (χ2n) is 5.21. The lowest BCUT2D eigenvalue weighted by atomic mass is 10.2. The van der Waals surface area contributed by atoms with Crippen molar-refractivity contribution in [2.24, 2.45) is 0 Å². The van der Waals surface area contributed by atoms with E-state index in [1.165, 1.54) is 35.6 Å². The van der Waals surface area contributed by atoms with Gasteiger partial charge in [-0.05, 0) is 36.4 Å². The van der Waals surface area contributed by atoms with Crippen molar-refractivity contribution >= 4 is 42.4 Å². The van der Waals surface area contributed by atoms with Crippen LogP contribution in [0, 0.1) is 0 Å². The van der Waals surface area contributed by atoms with E-state index in [-0.39, 0.29) is 16.6 Å². The summed E-state index contributed by atoms with van der Waals surface area (Å²) in [6, 6.07) is 11.4. The van der Waals surface area contributed by atoms with Crippen LogP contribution in [0.4, 0.5) is 5.13 Å². The highest BCUT2D eigenvalue weighted by Crippen LogP contribution is 2.32. The molecule has 0 fully saturated rings. The molecular weight excluding hydrogens is 360 g/mol. The number of rotatable bonds is 5. The monoisotopic (exact) mass is 376 g/mol. The number of hydrogen-bond acceptors (Lipinski definition) is 6. The molecule has 0 radical (unpaired) electrons. The van der Waals surface area contributed by atoms with Gasteiger partial charge in [-0.15, -0.1) is 0 Å². The number of hydrogen-bond donors (Lipinski definition) is 1. The number of benzene rings is 2. The average molecular weight is 376 g/mol. The second-order valence-corrected chi connectivity index (χ2v) is 8.52. The summed E-state index contributed by atoms with van der Waals surface area (Å²) < 4.78 is 29.8. The number of sulfone groups is 1. The first-order chi connectivity index (χ1) is 11.9. The number of thiazole rings is 1. The van der Waals surface area contributed by atoms with E-state index in [1.54, 1.807) is 20.1 Å². The van der Waals surface area contributed by atoms with Gasteiger partial charge in [-0.2, -0.15) is 0 Å². The Bertz CT molecular complexity index is 1020. The number of para-hydroxylation sites is 1. The zero-order chi connectivity index (χ0) is 18.0. The van der Waals surface area contributed by atoms with Crippen LogP contribution in [0.2, 0.25) is 0 Å². The van der Waals surface area contributed by atoms with Crippen LogP contribution in [0.5, 0.6) is 5.75 Å². The van der Waals surface area contributed by atoms with Gasteiger partial charge in [0.2, 0.25) is 0 Å². The van der Waals surface area contributed by atoms with E-state index in [2.05, 4.69) is 10.3 Å². The molecule has 0 aliphatic heterocycles. The Hall–Kier alpha value is -2.45. The van der Waals surface area contributed by atoms with E-state index in [4.69, 9.17) is 4.74 Å². The van der Waals surface area contributed by atoms with E-state index in [0.717, 1.165) is 4.70 Å². The maximum absolute atomic E-state index is 12.4. The zero-order valence-corrected chi connectivity index (χ0v) is 15.3. The smallest absolute Gasteiger partial charge is 0.257 e. The van der Waals surface area contributed by atoms with Crippen molar-refractivity contribution in [2.75, 3.05) is 18.2 Å². The fourth-order valence-electron chi connectivity index (χ4n) is 2.29. The minimum Gasteiger partial charge on any atom is -0.494 e. The van der Waals surface area contributed by atoms with Crippen molar-refractivity contribution < 1.29 is 17.9 Å². The van der Waals surface area contributed by atoms with Crippen molar-refractivity contribution in [3.05, 3.63) is 48.0 Å². The molecule has 0 bridgehead atoms. The third-order valence-corrected chi connectivity index (χ3v) is 6.36. The topological polar surface area (TPSA) is 85.4 Å². The molecule has 0 spiro atoms. The molecule has 3 aromatic rings. The first kappa shape index (κ1) is 17.4. The SMILES string of the molecule is CCS(=O)(=O)c1ccc(C(=O)Nc2nc3c(OC)cccc3s2)cc1. The number of aromatic nitrogens is 1. The molecule has 0 saturated carbocycles. The number of methoxy groups -OCH3 is 1. The van der Waals surface area contributed by atoms with Crippen molar-refractivity contribution in [3.63, 3.8) is 0 Å². The maximum Gasteiger partial charge on any atom is 0.257 e. The fourth-order valence-corrected chi connectivity index (χ4v) is 4.05. The molecule has 0 unspecified atom stereocenters. The molecule has 130 valence electrons. The molecule has 1 aromatic heterocycles. The van der Waals surface area contributed by atoms with E-state index in [1.807, 2.05) is 12.1 Å². The highest BCUT2D eigenvalue weighted by Gasteiger charge is 2.15. The lowest BCUT2D eigenvalue weighted by Gasteiger charge is -2.04. The van der Waals surface area contributed by atoms with Gasteiger partial charge < -0.3 is 4.74 Å². The lowest BCUT2D eigenvalue weighted by Crippen LogP contribution is -2.12. The van der Waals surface area contributed by atoms with E-state index in [0.29, 0.717) is 22.0 Å². The number of amides is 1. The number of anilines is 1. The molecule has 0 aliphatic carbocycles. The van der Waals surface area contributed by atoms with Crippen LogP contribution >= 0.6 is 11.3 Å². The minimum atomic E-state index is -3.28. The van der Waals surface area contributed by atoms with Crippen LogP contribution in [0.3, 0.4) is 0 Å². The van der Waals surface area contributed by atoms with Crippen LogP contribution in [0.15, 0.2) is 47.4 Å². The summed E-state index contributed by atoms with van der Waals surface area (Å²) in [6.45, 7) is 1.58. The molecule has 1 N–H and O–H groups in total. The van der Waals surface area contributed by atoms with Gasteiger partial charge >= 0.3 is 0 Å². The number of carbonyl (C=O) groups excluding carboxylic acids is 1. The molecule has 0 atom stereocenters. The molecule has 1 amide bonds. The predicted octanol–water partition coefficient (Wildman–Crippen LogP) is 3.35. The summed E-state index contributed by atoms with van der Waals surface area (Å²) >= 11 is 1.34. The summed E-state index contributed by atoms with van der Waals surface area (Å²) in [5.41, 5.74) is 1.05. The summed E-state index contributed by atoms with van der Waals surface area (Å²) in [4.78, 5) is 16.9. The van der Waals surface area contributed by atoms with Crippen molar-refractivity contribution in [3.8, 4) is 5.75 Å². The molecular formula is C17H16N2O4S2. The summed E-state index contributed by atoms with van der Waals surface area (Å²) in [5.74, 6) is 0.313. The van der Waals surface area contributed by atoms with E-state index in [9.17, 15) is 13.2 Å². The van der Waals surface area contributed by atoms with Gasteiger partial charge in [-0.3, -0.25) is 10.1 Å². The van der Waals surface area contributed by atoms with E-state index >= 15 is 0 Å². The number of ether oxygens (including phenoxy) is 1. The summed E-state index contributed by atoms with van der Waals surface area (Å²) in [7, 11) is -1.71. The Labute approximate surface area is 149 Å². The van der Waals surface area contributed by atoms with Gasteiger partial charge in [0.1, 0.15) is 11.3 Å². The Morgan fingerprint density at radius 2 is 1.92 bits per heavy atom. The maximum atomic E-state index is 12.4. The Balaban J connectivity index is 1.83.